The average Bonchev–Trinajstić information content (AvgIpc) is 3.01. The number of unbranched alkanes of at least 4 members (excludes halogenated alkanes) is 3. The fourth-order valence-electron chi connectivity index (χ4n) is 5.18. The molecule has 3 heterocycles. The first kappa shape index (κ1) is 37.2. The van der Waals surface area contributed by atoms with Crippen molar-refractivity contribution in [3.63, 3.8) is 0 Å². The zero-order valence-corrected chi connectivity index (χ0v) is 24.9. The highest BCUT2D eigenvalue weighted by molar-refractivity contribution is 7.99. The van der Waals surface area contributed by atoms with Crippen molar-refractivity contribution in [1.82, 2.24) is 0 Å². The van der Waals surface area contributed by atoms with Gasteiger partial charge in [-0.25, -0.2) is 0 Å². The van der Waals surface area contributed by atoms with Crippen molar-refractivity contribution in [1.29, 1.82) is 0 Å². The summed E-state index contributed by atoms with van der Waals surface area (Å²) in [5, 5.41) is 102. The summed E-state index contributed by atoms with van der Waals surface area (Å²) < 4.78 is 33.3. The minimum Gasteiger partial charge on any atom is -0.394 e. The number of rotatable bonds is 16. The monoisotopic (exact) mass is 648 g/mol. The summed E-state index contributed by atoms with van der Waals surface area (Å²) in [6, 6.07) is 0. The van der Waals surface area contributed by atoms with E-state index in [-0.39, 0.29) is 6.61 Å². The number of ether oxygens (including phenoxy) is 6. The van der Waals surface area contributed by atoms with Gasteiger partial charge in [-0.15, -0.1) is 0 Å². The molecule has 16 nitrogen and oxygen atoms in total. The first-order chi connectivity index (χ1) is 20.6. The van der Waals surface area contributed by atoms with Crippen molar-refractivity contribution >= 4 is 11.8 Å². The molecule has 3 aliphatic rings. The van der Waals surface area contributed by atoms with Crippen molar-refractivity contribution in [3.8, 4) is 0 Å². The van der Waals surface area contributed by atoms with E-state index in [2.05, 4.69) is 6.92 Å². The molecule has 0 aliphatic carbocycles. The second-order valence-corrected chi connectivity index (χ2v) is 12.2. The van der Waals surface area contributed by atoms with Crippen LogP contribution in [0.4, 0.5) is 0 Å². The van der Waals surface area contributed by atoms with Crippen LogP contribution in [0, 0.1) is 0 Å². The predicted molar refractivity (Wildman–Crippen MR) is 146 cm³/mol. The van der Waals surface area contributed by atoms with Crippen LogP contribution in [-0.2, 0) is 28.4 Å². The molecular formula is C26H48O16S. The van der Waals surface area contributed by atoms with Crippen LogP contribution in [0.1, 0.15) is 32.6 Å². The average molecular weight is 649 g/mol. The van der Waals surface area contributed by atoms with Crippen molar-refractivity contribution in [2.24, 2.45) is 0 Å². The molecule has 3 aliphatic heterocycles. The summed E-state index contributed by atoms with van der Waals surface area (Å²) in [5.74, 6) is 2.17. The molecule has 0 aromatic heterocycles. The second kappa shape index (κ2) is 18.2. The number of thioether (sulfide) groups is 1. The third kappa shape index (κ3) is 9.39. The van der Waals surface area contributed by atoms with E-state index in [9.17, 15) is 51.1 Å². The highest BCUT2D eigenvalue weighted by Crippen LogP contribution is 2.32. The zero-order chi connectivity index (χ0) is 31.7. The molecule has 3 rings (SSSR count). The Balaban J connectivity index is 1.57. The van der Waals surface area contributed by atoms with Gasteiger partial charge in [-0.2, -0.15) is 11.8 Å². The number of hydrogen-bond donors (Lipinski definition) is 10. The molecule has 0 aromatic rings. The van der Waals surface area contributed by atoms with Gasteiger partial charge in [0.15, 0.2) is 18.9 Å². The van der Waals surface area contributed by atoms with Gasteiger partial charge in [-0.05, 0) is 24.3 Å². The lowest BCUT2D eigenvalue weighted by Crippen LogP contribution is -2.66. The summed E-state index contributed by atoms with van der Waals surface area (Å²) in [5.41, 5.74) is 0. The Kier molecular flexibility index (Phi) is 15.7. The van der Waals surface area contributed by atoms with Gasteiger partial charge >= 0.3 is 0 Å². The molecule has 0 aromatic carbocycles. The molecule has 10 N–H and O–H groups in total. The zero-order valence-electron chi connectivity index (χ0n) is 24.1. The van der Waals surface area contributed by atoms with Gasteiger partial charge in [0, 0.05) is 6.61 Å². The van der Waals surface area contributed by atoms with E-state index in [4.69, 9.17) is 28.4 Å². The van der Waals surface area contributed by atoms with Crippen LogP contribution in [0.25, 0.3) is 0 Å². The first-order valence-electron chi connectivity index (χ1n) is 14.6. The molecule has 15 atom stereocenters. The Bertz CT molecular complexity index is 779. The van der Waals surface area contributed by atoms with Gasteiger partial charge in [-0.3, -0.25) is 0 Å². The summed E-state index contributed by atoms with van der Waals surface area (Å²) in [6.45, 7) is 0.169. The third-order valence-electron chi connectivity index (χ3n) is 7.74. The minimum absolute atomic E-state index is 0.254. The molecular weight excluding hydrogens is 600 g/mol. The normalized spacial score (nSPS) is 44.0. The van der Waals surface area contributed by atoms with Crippen molar-refractivity contribution in [2.45, 2.75) is 125 Å². The molecule has 0 bridgehead atoms. The summed E-state index contributed by atoms with van der Waals surface area (Å²) in [4.78, 5) is 0. The standard InChI is InChI=1S/C26H48O16S/c1-2-43-8-6-4-3-5-7-37-24-20(35)17(32)22(13(10-28)39-24)42-26-21(36)18(33)23(14(11-29)40-26)41-25-19(34)16(31)15(30)12(9-27)38-25/h12-36H,2-11H2,1H3/t12?,13?,14?,15-,16-,17+,18+,19?,20?,21?,22+,23+,24+,25-,26-/m0/s1. The summed E-state index contributed by atoms with van der Waals surface area (Å²) in [7, 11) is 0. The SMILES string of the molecule is CCSCCCCCCO[C@@H]1OC(CO)[C@@H](O[C@@H]2OC(CO)[C@@H](O[C@@H]3OC(CO)[C@H](O)[C@H](O)C3O)[C@H](O)C2O)[C@H](O)C1O. The Morgan fingerprint density at radius 3 is 1.53 bits per heavy atom. The van der Waals surface area contributed by atoms with E-state index in [0.29, 0.717) is 6.42 Å². The lowest BCUT2D eigenvalue weighted by atomic mass is 9.96. The summed E-state index contributed by atoms with van der Waals surface area (Å²) >= 11 is 1.88. The van der Waals surface area contributed by atoms with Crippen molar-refractivity contribution < 1.29 is 79.5 Å². The van der Waals surface area contributed by atoms with Crippen LogP contribution in [0.5, 0.6) is 0 Å². The van der Waals surface area contributed by atoms with E-state index >= 15 is 0 Å². The largest absolute Gasteiger partial charge is 0.394 e. The molecule has 3 fully saturated rings. The highest BCUT2D eigenvalue weighted by atomic mass is 32.2. The van der Waals surface area contributed by atoms with Gasteiger partial charge in [0.2, 0.25) is 0 Å². The molecule has 0 saturated carbocycles. The second-order valence-electron chi connectivity index (χ2n) is 10.8. The first-order valence-corrected chi connectivity index (χ1v) is 15.8. The lowest BCUT2D eigenvalue weighted by Gasteiger charge is -2.48. The van der Waals surface area contributed by atoms with E-state index in [1.165, 1.54) is 0 Å². The molecule has 0 amide bonds. The molecule has 43 heavy (non-hydrogen) atoms. The Labute approximate surface area is 254 Å². The van der Waals surface area contributed by atoms with Gasteiger partial charge in [0.1, 0.15) is 73.2 Å². The van der Waals surface area contributed by atoms with Crippen molar-refractivity contribution in [2.75, 3.05) is 37.9 Å². The van der Waals surface area contributed by atoms with Gasteiger partial charge in [0.25, 0.3) is 0 Å². The topological polar surface area (TPSA) is 258 Å². The van der Waals surface area contributed by atoms with E-state index in [1.807, 2.05) is 11.8 Å². The van der Waals surface area contributed by atoms with Crippen molar-refractivity contribution in [3.05, 3.63) is 0 Å². The van der Waals surface area contributed by atoms with Crippen LogP contribution in [-0.4, -0.2) is 181 Å². The maximum Gasteiger partial charge on any atom is 0.187 e. The lowest BCUT2D eigenvalue weighted by molar-refractivity contribution is -0.379. The molecule has 254 valence electrons. The van der Waals surface area contributed by atoms with Gasteiger partial charge < -0.3 is 79.5 Å². The van der Waals surface area contributed by atoms with Gasteiger partial charge in [-0.1, -0.05) is 19.8 Å². The Hall–Kier alpha value is -0.290. The van der Waals surface area contributed by atoms with E-state index in [0.717, 1.165) is 30.8 Å². The van der Waals surface area contributed by atoms with Crippen LogP contribution in [0.15, 0.2) is 0 Å². The molecule has 0 radical (unpaired) electrons. The minimum atomic E-state index is -1.88. The number of aliphatic hydroxyl groups excluding tert-OH is 10. The Morgan fingerprint density at radius 1 is 0.535 bits per heavy atom. The van der Waals surface area contributed by atoms with Gasteiger partial charge in [0.05, 0.1) is 19.8 Å². The van der Waals surface area contributed by atoms with Crippen LogP contribution in [0.2, 0.25) is 0 Å². The quantitative estimate of drug-likeness (QED) is 0.0711. The maximum absolute atomic E-state index is 10.8. The fourth-order valence-corrected chi connectivity index (χ4v) is 5.88. The van der Waals surface area contributed by atoms with Crippen LogP contribution in [0.3, 0.4) is 0 Å². The molecule has 0 spiro atoms. The van der Waals surface area contributed by atoms with Crippen LogP contribution >= 0.6 is 11.8 Å². The number of aliphatic hydroxyl groups is 10. The van der Waals surface area contributed by atoms with E-state index in [1.54, 1.807) is 0 Å². The summed E-state index contributed by atoms with van der Waals surface area (Å²) in [6.07, 6.45) is -20.1. The molecule has 6 unspecified atom stereocenters. The Morgan fingerprint density at radius 2 is 1.00 bits per heavy atom. The highest BCUT2D eigenvalue weighted by Gasteiger charge is 2.53. The van der Waals surface area contributed by atoms with E-state index < -0.39 is 112 Å². The molecule has 3 saturated heterocycles. The maximum atomic E-state index is 10.8. The number of hydrogen-bond acceptors (Lipinski definition) is 17. The molecule has 17 heteroatoms. The predicted octanol–water partition coefficient (Wildman–Crippen LogP) is -4.24. The van der Waals surface area contributed by atoms with Crippen LogP contribution < -0.4 is 0 Å². The smallest absolute Gasteiger partial charge is 0.187 e. The third-order valence-corrected chi connectivity index (χ3v) is 8.73. The fraction of sp³-hybridized carbons (Fsp3) is 1.00.